The van der Waals surface area contributed by atoms with E-state index in [0.717, 1.165) is 24.3 Å². The molecule has 0 radical (unpaired) electrons. The van der Waals surface area contributed by atoms with Gasteiger partial charge >= 0.3 is 0 Å². The van der Waals surface area contributed by atoms with Crippen LogP contribution in [0, 0.1) is 11.8 Å². The minimum atomic E-state index is -0.0142. The molecule has 1 atom stereocenters. The number of thiazole rings is 1. The number of halogens is 1. The van der Waals surface area contributed by atoms with Gasteiger partial charge in [-0.25, -0.2) is 4.98 Å². The van der Waals surface area contributed by atoms with E-state index < -0.39 is 0 Å². The quantitative estimate of drug-likeness (QED) is 0.802. The predicted molar refractivity (Wildman–Crippen MR) is 102 cm³/mol. The molecule has 2 N–H and O–H groups in total. The average Bonchev–Trinajstić information content (AvgIpc) is 3.00. The van der Waals surface area contributed by atoms with E-state index in [9.17, 15) is 4.79 Å². The summed E-state index contributed by atoms with van der Waals surface area (Å²) >= 11 is 1.42. The molecule has 6 nitrogen and oxygen atoms in total. The summed E-state index contributed by atoms with van der Waals surface area (Å²) in [7, 11) is 3.21. The largest absolute Gasteiger partial charge is 0.493 e. The number of hydrogen-bond acceptors (Lipinski definition) is 6. The van der Waals surface area contributed by atoms with Crippen molar-refractivity contribution < 1.29 is 14.3 Å². The van der Waals surface area contributed by atoms with Crippen molar-refractivity contribution in [3.05, 3.63) is 23.6 Å². The van der Waals surface area contributed by atoms with Crippen LogP contribution in [0.4, 0.5) is 5.13 Å². The first-order valence-electron chi connectivity index (χ1n) is 7.82. The Balaban J connectivity index is 0.00000225. The fourth-order valence-corrected chi connectivity index (χ4v) is 3.28. The number of ether oxygens (including phenoxy) is 2. The van der Waals surface area contributed by atoms with Gasteiger partial charge in [-0.2, -0.15) is 0 Å². The predicted octanol–water partition coefficient (Wildman–Crippen LogP) is 3.04. The first kappa shape index (κ1) is 19.5. The van der Waals surface area contributed by atoms with Gasteiger partial charge in [0.05, 0.1) is 19.9 Å². The van der Waals surface area contributed by atoms with E-state index in [1.54, 1.807) is 14.2 Å². The molecule has 1 aromatic heterocycles. The number of hydrogen-bond donors (Lipinski definition) is 2. The zero-order valence-electron chi connectivity index (χ0n) is 14.4. The number of rotatable bonds is 6. The van der Waals surface area contributed by atoms with Gasteiger partial charge in [-0.05, 0) is 37.2 Å². The number of amides is 1. The fourth-order valence-electron chi connectivity index (χ4n) is 2.56. The van der Waals surface area contributed by atoms with E-state index in [-0.39, 0.29) is 24.2 Å². The molecule has 0 saturated carbocycles. The molecule has 0 bridgehead atoms. The molecule has 136 valence electrons. The van der Waals surface area contributed by atoms with Gasteiger partial charge in [0.15, 0.2) is 16.6 Å². The standard InChI is InChI=1S/C17H21N3O3S.ClH/c1-10(12-7-18-8-12)16(21)20-17-19-13(9-24-17)11-4-5-14(22-2)15(6-11)23-3;/h4-6,9-10,12,18H,7-8H2,1-3H3,(H,19,20,21);1H. The van der Waals surface area contributed by atoms with Gasteiger partial charge < -0.3 is 20.1 Å². The highest BCUT2D eigenvalue weighted by Crippen LogP contribution is 2.33. The molecule has 0 spiro atoms. The SMILES string of the molecule is COc1ccc(-c2csc(NC(=O)C(C)C3CNC3)n2)cc1OC.Cl. The second-order valence-corrected chi connectivity index (χ2v) is 6.66. The zero-order valence-corrected chi connectivity index (χ0v) is 16.0. The van der Waals surface area contributed by atoms with Gasteiger partial charge in [0.1, 0.15) is 0 Å². The average molecular weight is 384 g/mol. The van der Waals surface area contributed by atoms with Gasteiger partial charge in [-0.1, -0.05) is 6.92 Å². The molecule has 1 fully saturated rings. The van der Waals surface area contributed by atoms with Crippen LogP contribution in [0.15, 0.2) is 23.6 Å². The molecule has 1 saturated heterocycles. The van der Waals surface area contributed by atoms with Crippen LogP contribution in [0.5, 0.6) is 11.5 Å². The van der Waals surface area contributed by atoms with Crippen molar-refractivity contribution in [2.24, 2.45) is 11.8 Å². The van der Waals surface area contributed by atoms with Crippen LogP contribution in [0.3, 0.4) is 0 Å². The van der Waals surface area contributed by atoms with Crippen LogP contribution in [0.2, 0.25) is 0 Å². The molecule has 1 aliphatic rings. The Morgan fingerprint density at radius 3 is 2.64 bits per heavy atom. The third-order valence-corrected chi connectivity index (χ3v) is 5.11. The molecule has 3 rings (SSSR count). The number of benzene rings is 1. The highest BCUT2D eigenvalue weighted by Gasteiger charge is 2.29. The summed E-state index contributed by atoms with van der Waals surface area (Å²) in [5.41, 5.74) is 1.72. The number of anilines is 1. The van der Waals surface area contributed by atoms with Gasteiger partial charge in [0, 0.05) is 16.9 Å². The minimum absolute atomic E-state index is 0. The van der Waals surface area contributed by atoms with Crippen molar-refractivity contribution in [1.29, 1.82) is 0 Å². The highest BCUT2D eigenvalue weighted by molar-refractivity contribution is 7.14. The van der Waals surface area contributed by atoms with Crippen LogP contribution in [-0.4, -0.2) is 38.2 Å². The van der Waals surface area contributed by atoms with E-state index in [0.29, 0.717) is 22.5 Å². The molecule has 0 aliphatic carbocycles. The lowest BCUT2D eigenvalue weighted by Crippen LogP contribution is -2.48. The minimum Gasteiger partial charge on any atom is -0.493 e. The molecule has 1 unspecified atom stereocenters. The normalized spacial score (nSPS) is 14.8. The highest BCUT2D eigenvalue weighted by atomic mass is 35.5. The summed E-state index contributed by atoms with van der Waals surface area (Å²) in [6.07, 6.45) is 0. The first-order chi connectivity index (χ1) is 11.6. The monoisotopic (exact) mass is 383 g/mol. The van der Waals surface area contributed by atoms with Crippen molar-refractivity contribution >= 4 is 34.8 Å². The summed E-state index contributed by atoms with van der Waals surface area (Å²) in [5, 5.41) is 8.65. The van der Waals surface area contributed by atoms with E-state index >= 15 is 0 Å². The maximum absolute atomic E-state index is 12.3. The topological polar surface area (TPSA) is 72.5 Å². The zero-order chi connectivity index (χ0) is 17.1. The van der Waals surface area contributed by atoms with Crippen LogP contribution in [0.1, 0.15) is 6.92 Å². The molecule has 2 heterocycles. The lowest BCUT2D eigenvalue weighted by atomic mass is 9.88. The van der Waals surface area contributed by atoms with Gasteiger partial charge in [-0.3, -0.25) is 4.79 Å². The Labute approximate surface area is 157 Å². The molecular weight excluding hydrogens is 362 g/mol. The number of nitrogens with one attached hydrogen (secondary N) is 2. The van der Waals surface area contributed by atoms with Gasteiger partial charge in [0.2, 0.25) is 5.91 Å². The van der Waals surface area contributed by atoms with Crippen molar-refractivity contribution in [2.45, 2.75) is 6.92 Å². The van der Waals surface area contributed by atoms with E-state index in [2.05, 4.69) is 15.6 Å². The maximum atomic E-state index is 12.3. The number of methoxy groups -OCH3 is 2. The Morgan fingerprint density at radius 2 is 2.04 bits per heavy atom. The van der Waals surface area contributed by atoms with Gasteiger partial charge in [0.25, 0.3) is 0 Å². The van der Waals surface area contributed by atoms with Crippen molar-refractivity contribution in [1.82, 2.24) is 10.3 Å². The smallest absolute Gasteiger partial charge is 0.229 e. The number of carbonyl (C=O) groups is 1. The maximum Gasteiger partial charge on any atom is 0.229 e. The van der Waals surface area contributed by atoms with Crippen LogP contribution >= 0.6 is 23.7 Å². The lowest BCUT2D eigenvalue weighted by molar-refractivity contribution is -0.121. The summed E-state index contributed by atoms with van der Waals surface area (Å²) in [4.78, 5) is 16.8. The molecular formula is C17H22ClN3O3S. The van der Waals surface area contributed by atoms with Crippen LogP contribution in [-0.2, 0) is 4.79 Å². The second-order valence-electron chi connectivity index (χ2n) is 5.80. The summed E-state index contributed by atoms with van der Waals surface area (Å²) in [5.74, 6) is 1.75. The summed E-state index contributed by atoms with van der Waals surface area (Å²) < 4.78 is 10.6. The van der Waals surface area contributed by atoms with Gasteiger partial charge in [-0.15, -0.1) is 23.7 Å². The Morgan fingerprint density at radius 1 is 1.32 bits per heavy atom. The molecule has 1 aromatic carbocycles. The Hall–Kier alpha value is -1.83. The first-order valence-corrected chi connectivity index (χ1v) is 8.70. The van der Waals surface area contributed by atoms with Crippen molar-refractivity contribution in [3.8, 4) is 22.8 Å². The van der Waals surface area contributed by atoms with Crippen molar-refractivity contribution in [3.63, 3.8) is 0 Å². The van der Waals surface area contributed by atoms with Crippen molar-refractivity contribution in [2.75, 3.05) is 32.6 Å². The Kier molecular flexibility index (Phi) is 6.64. The van der Waals surface area contributed by atoms with E-state index in [1.807, 2.05) is 30.5 Å². The van der Waals surface area contributed by atoms with Crippen LogP contribution < -0.4 is 20.1 Å². The lowest BCUT2D eigenvalue weighted by Gasteiger charge is -2.31. The molecule has 1 aliphatic heterocycles. The Bertz CT molecular complexity index is 734. The summed E-state index contributed by atoms with van der Waals surface area (Å²) in [6, 6.07) is 5.64. The van der Waals surface area contributed by atoms with E-state index in [1.165, 1.54) is 11.3 Å². The number of aromatic nitrogens is 1. The molecule has 1 amide bonds. The molecule has 8 heteroatoms. The third kappa shape index (κ3) is 4.23. The third-order valence-electron chi connectivity index (χ3n) is 4.35. The van der Waals surface area contributed by atoms with E-state index in [4.69, 9.17) is 9.47 Å². The number of carbonyl (C=O) groups excluding carboxylic acids is 1. The molecule has 2 aromatic rings. The summed E-state index contributed by atoms with van der Waals surface area (Å²) in [6.45, 7) is 3.77. The molecule has 25 heavy (non-hydrogen) atoms. The number of nitrogens with zero attached hydrogens (tertiary/aromatic N) is 1. The van der Waals surface area contributed by atoms with Crippen LogP contribution in [0.25, 0.3) is 11.3 Å². The second kappa shape index (κ2) is 8.51. The fraction of sp³-hybridized carbons (Fsp3) is 0.412.